The predicted molar refractivity (Wildman–Crippen MR) is 64.0 cm³/mol. The van der Waals surface area contributed by atoms with E-state index < -0.39 is 12.3 Å². The third-order valence-corrected chi connectivity index (χ3v) is 1.47. The summed E-state index contributed by atoms with van der Waals surface area (Å²) in [6.07, 6.45) is -0.594. The normalized spacial score (nSPS) is 10.4. The van der Waals surface area contributed by atoms with Crippen LogP contribution in [0.15, 0.2) is 24.3 Å². The summed E-state index contributed by atoms with van der Waals surface area (Å²) in [5, 5.41) is 8.79. The van der Waals surface area contributed by atoms with E-state index in [4.69, 9.17) is 5.11 Å². The number of esters is 2. The fourth-order valence-corrected chi connectivity index (χ4v) is 0.482. The van der Waals surface area contributed by atoms with Crippen LogP contribution < -0.4 is 0 Å². The molecule has 5 heteroatoms. The molecule has 0 heterocycles. The molecule has 0 radical (unpaired) electrons. The zero-order chi connectivity index (χ0) is 14.0. The van der Waals surface area contributed by atoms with Crippen LogP contribution in [0.25, 0.3) is 0 Å². The number of aliphatic hydroxyl groups is 1. The first kappa shape index (κ1) is 17.8. The fraction of sp³-hybridized carbons (Fsp3) is 0.500. The second kappa shape index (κ2) is 9.59. The lowest BCUT2D eigenvalue weighted by Crippen LogP contribution is -2.16. The van der Waals surface area contributed by atoms with E-state index in [0.29, 0.717) is 17.6 Å². The molecule has 0 saturated heterocycles. The van der Waals surface area contributed by atoms with Gasteiger partial charge in [0.05, 0.1) is 7.11 Å². The maximum absolute atomic E-state index is 10.6. The van der Waals surface area contributed by atoms with Gasteiger partial charge >= 0.3 is 11.9 Å². The average Bonchev–Trinajstić information content (AvgIpc) is 2.28. The van der Waals surface area contributed by atoms with Crippen LogP contribution in [0.2, 0.25) is 0 Å². The minimum absolute atomic E-state index is 0.299. The van der Waals surface area contributed by atoms with Crippen molar-refractivity contribution in [3.8, 4) is 0 Å². The fourth-order valence-electron chi connectivity index (χ4n) is 0.482. The van der Waals surface area contributed by atoms with Crippen molar-refractivity contribution in [2.45, 2.75) is 33.5 Å². The monoisotopic (exact) mass is 244 g/mol. The first-order valence-corrected chi connectivity index (χ1v) is 5.04. The van der Waals surface area contributed by atoms with Gasteiger partial charge < -0.3 is 14.6 Å². The highest BCUT2D eigenvalue weighted by Crippen LogP contribution is 1.98. The molecule has 1 N–H and O–H groups in total. The Balaban J connectivity index is 0. The van der Waals surface area contributed by atoms with E-state index in [1.54, 1.807) is 13.8 Å². The van der Waals surface area contributed by atoms with E-state index in [0.717, 1.165) is 0 Å². The molecule has 0 aromatic carbocycles. The molecule has 0 spiro atoms. The highest BCUT2D eigenvalue weighted by Gasteiger charge is 2.08. The predicted octanol–water partition coefficient (Wildman–Crippen LogP) is 1.57. The van der Waals surface area contributed by atoms with E-state index in [-0.39, 0.29) is 5.97 Å². The summed E-state index contributed by atoms with van der Waals surface area (Å²) in [4.78, 5) is 20.8. The smallest absolute Gasteiger partial charge is 0.335 e. The lowest BCUT2D eigenvalue weighted by atomic mass is 10.3. The minimum Gasteiger partial charge on any atom is -0.466 e. The number of methoxy groups -OCH3 is 1. The van der Waals surface area contributed by atoms with Gasteiger partial charge in [0.2, 0.25) is 6.29 Å². The number of ether oxygens (including phenoxy) is 2. The molecular weight excluding hydrogens is 224 g/mol. The standard InChI is InChI=1S/C7H12O3.C5H8O2/c1-4-6(8)10-7(9)5(2)3;1-4(2)5(6)7-3/h6,8H,2,4H2,1,3H3;1H2,2-3H3. The highest BCUT2D eigenvalue weighted by atomic mass is 16.6. The maximum Gasteiger partial charge on any atom is 0.335 e. The van der Waals surface area contributed by atoms with Gasteiger partial charge in [-0.2, -0.15) is 0 Å². The summed E-state index contributed by atoms with van der Waals surface area (Å²) in [6.45, 7) is 11.6. The summed E-state index contributed by atoms with van der Waals surface area (Å²) in [5.41, 5.74) is 0.731. The van der Waals surface area contributed by atoms with Crippen molar-refractivity contribution in [1.82, 2.24) is 0 Å². The summed E-state index contributed by atoms with van der Waals surface area (Å²) < 4.78 is 8.75. The lowest BCUT2D eigenvalue weighted by Gasteiger charge is -2.08. The van der Waals surface area contributed by atoms with Gasteiger partial charge in [0.15, 0.2) is 0 Å². The molecule has 0 amide bonds. The van der Waals surface area contributed by atoms with Crippen LogP contribution in [0.5, 0.6) is 0 Å². The van der Waals surface area contributed by atoms with Gasteiger partial charge in [-0.15, -0.1) is 0 Å². The zero-order valence-electron chi connectivity index (χ0n) is 10.8. The van der Waals surface area contributed by atoms with Crippen molar-refractivity contribution in [3.05, 3.63) is 24.3 Å². The molecule has 5 nitrogen and oxygen atoms in total. The van der Waals surface area contributed by atoms with Gasteiger partial charge in [-0.25, -0.2) is 9.59 Å². The minimum atomic E-state index is -0.996. The topological polar surface area (TPSA) is 72.8 Å². The number of hydrogen-bond donors (Lipinski definition) is 1. The van der Waals surface area contributed by atoms with Crippen molar-refractivity contribution in [1.29, 1.82) is 0 Å². The van der Waals surface area contributed by atoms with E-state index in [2.05, 4.69) is 22.6 Å². The average molecular weight is 244 g/mol. The molecule has 98 valence electrons. The highest BCUT2D eigenvalue weighted by molar-refractivity contribution is 5.87. The van der Waals surface area contributed by atoms with Crippen molar-refractivity contribution < 1.29 is 24.2 Å². The summed E-state index contributed by atoms with van der Waals surface area (Å²) in [7, 11) is 1.33. The molecule has 0 aliphatic carbocycles. The third kappa shape index (κ3) is 10.7. The van der Waals surface area contributed by atoms with Crippen molar-refractivity contribution >= 4 is 11.9 Å². The number of carbonyl (C=O) groups excluding carboxylic acids is 2. The van der Waals surface area contributed by atoms with E-state index in [1.807, 2.05) is 0 Å². The largest absolute Gasteiger partial charge is 0.466 e. The van der Waals surface area contributed by atoms with Gasteiger partial charge in [0, 0.05) is 17.6 Å². The van der Waals surface area contributed by atoms with Crippen LogP contribution in [0.1, 0.15) is 27.2 Å². The Hall–Kier alpha value is -1.62. The molecule has 0 aliphatic rings. The summed E-state index contributed by atoms with van der Waals surface area (Å²) >= 11 is 0. The van der Waals surface area contributed by atoms with Crippen molar-refractivity contribution in [2.24, 2.45) is 0 Å². The number of hydrogen-bond acceptors (Lipinski definition) is 5. The Kier molecular flexibility index (Phi) is 10.0. The quantitative estimate of drug-likeness (QED) is 0.461. The molecule has 0 aromatic heterocycles. The van der Waals surface area contributed by atoms with Crippen molar-refractivity contribution in [2.75, 3.05) is 7.11 Å². The molecule has 0 aliphatic heterocycles. The summed E-state index contributed by atoms with van der Waals surface area (Å²) in [6, 6.07) is 0. The molecule has 0 aromatic rings. The van der Waals surface area contributed by atoms with Crippen LogP contribution in [0.3, 0.4) is 0 Å². The molecule has 17 heavy (non-hydrogen) atoms. The van der Waals surface area contributed by atoms with E-state index in [1.165, 1.54) is 14.0 Å². The molecule has 0 bridgehead atoms. The van der Waals surface area contributed by atoms with Gasteiger partial charge in [0.25, 0.3) is 0 Å². The first-order valence-electron chi connectivity index (χ1n) is 5.04. The number of aliphatic hydroxyl groups excluding tert-OH is 1. The number of rotatable bonds is 4. The molecular formula is C12H20O5. The van der Waals surface area contributed by atoms with Crippen LogP contribution >= 0.6 is 0 Å². The van der Waals surface area contributed by atoms with Crippen molar-refractivity contribution in [3.63, 3.8) is 0 Å². The maximum atomic E-state index is 10.6. The Bertz CT molecular complexity index is 293. The molecule has 1 atom stereocenters. The van der Waals surface area contributed by atoms with Gasteiger partial charge in [0.1, 0.15) is 0 Å². The lowest BCUT2D eigenvalue weighted by molar-refractivity contribution is -0.163. The SMILES string of the molecule is C=C(C)C(=O)OC.C=C(C)C(=O)OC(O)CC. The first-order chi connectivity index (χ1) is 7.76. The van der Waals surface area contributed by atoms with E-state index >= 15 is 0 Å². The Morgan fingerprint density at radius 1 is 1.18 bits per heavy atom. The van der Waals surface area contributed by atoms with Crippen LogP contribution in [0, 0.1) is 0 Å². The van der Waals surface area contributed by atoms with Gasteiger partial charge in [-0.3, -0.25) is 0 Å². The van der Waals surface area contributed by atoms with E-state index in [9.17, 15) is 9.59 Å². The third-order valence-electron chi connectivity index (χ3n) is 1.47. The molecule has 0 fully saturated rings. The summed E-state index contributed by atoms with van der Waals surface area (Å²) in [5.74, 6) is -0.894. The zero-order valence-corrected chi connectivity index (χ0v) is 10.8. The van der Waals surface area contributed by atoms with Crippen LogP contribution in [-0.2, 0) is 19.1 Å². The van der Waals surface area contributed by atoms with Gasteiger partial charge in [-0.1, -0.05) is 20.1 Å². The molecule has 1 unspecified atom stereocenters. The Labute approximate surface area is 102 Å². The Morgan fingerprint density at radius 2 is 1.59 bits per heavy atom. The van der Waals surface area contributed by atoms with Gasteiger partial charge in [-0.05, 0) is 13.8 Å². The molecule has 0 rings (SSSR count). The second-order valence-corrected chi connectivity index (χ2v) is 3.32. The molecule has 0 saturated carbocycles. The van der Waals surface area contributed by atoms with Crippen LogP contribution in [-0.4, -0.2) is 30.4 Å². The van der Waals surface area contributed by atoms with Crippen LogP contribution in [0.4, 0.5) is 0 Å². The Morgan fingerprint density at radius 3 is 1.76 bits per heavy atom. The second-order valence-electron chi connectivity index (χ2n) is 3.32. The number of carbonyl (C=O) groups is 2.